The van der Waals surface area contributed by atoms with E-state index in [0.29, 0.717) is 12.8 Å². The molecule has 13 nitrogen and oxygen atoms in total. The minimum atomic E-state index is -5.11. The SMILES string of the molecule is CCCCCCCCCCCCCCCCCCCCCCCCC(=O)OC(COC(=O)CCCCCCCCCCCCC)COP(=O)(O)OC1C(O)C(O)C(O)C(O)C1O. The third-order valence-corrected chi connectivity index (χ3v) is 13.2. The first-order valence-corrected chi connectivity index (χ1v) is 26.8. The quantitative estimate of drug-likeness (QED) is 0.0191. The fourth-order valence-corrected chi connectivity index (χ4v) is 9.09. The Hall–Kier alpha value is -1.15. The molecule has 0 heterocycles. The Morgan fingerprint density at radius 2 is 0.726 bits per heavy atom. The van der Waals surface area contributed by atoms with E-state index in [2.05, 4.69) is 13.8 Å². The first-order valence-electron chi connectivity index (χ1n) is 25.3. The summed E-state index contributed by atoms with van der Waals surface area (Å²) < 4.78 is 33.6. The molecule has 1 aliphatic carbocycles. The normalized spacial score (nSPS) is 21.7. The Morgan fingerprint density at radius 1 is 0.435 bits per heavy atom. The summed E-state index contributed by atoms with van der Waals surface area (Å²) in [6.45, 7) is 3.33. The van der Waals surface area contributed by atoms with Crippen LogP contribution in [0.3, 0.4) is 0 Å². The van der Waals surface area contributed by atoms with Crippen LogP contribution in [0.5, 0.6) is 0 Å². The van der Waals surface area contributed by atoms with E-state index in [1.807, 2.05) is 0 Å². The third kappa shape index (κ3) is 30.9. The van der Waals surface area contributed by atoms with Crippen LogP contribution in [0.1, 0.15) is 239 Å². The molecule has 6 unspecified atom stereocenters. The van der Waals surface area contributed by atoms with Gasteiger partial charge in [0.05, 0.1) is 6.61 Å². The lowest BCUT2D eigenvalue weighted by atomic mass is 9.85. The second-order valence-electron chi connectivity index (χ2n) is 18.0. The molecule has 14 heteroatoms. The summed E-state index contributed by atoms with van der Waals surface area (Å²) in [6.07, 6.45) is 27.4. The van der Waals surface area contributed by atoms with E-state index in [4.69, 9.17) is 18.5 Å². The van der Waals surface area contributed by atoms with Crippen molar-refractivity contribution in [1.82, 2.24) is 0 Å². The number of ether oxygens (including phenoxy) is 2. The zero-order chi connectivity index (χ0) is 45.7. The molecule has 368 valence electrons. The number of aliphatic hydroxyl groups is 5. The maximum atomic E-state index is 12.8. The molecule has 0 aromatic carbocycles. The average Bonchev–Trinajstić information content (AvgIpc) is 3.25. The van der Waals surface area contributed by atoms with Gasteiger partial charge >= 0.3 is 19.8 Å². The summed E-state index contributed by atoms with van der Waals surface area (Å²) in [5, 5.41) is 50.2. The van der Waals surface area contributed by atoms with Crippen molar-refractivity contribution >= 4 is 19.8 Å². The van der Waals surface area contributed by atoms with Gasteiger partial charge in [-0.3, -0.25) is 18.6 Å². The van der Waals surface area contributed by atoms with Gasteiger partial charge in [0, 0.05) is 12.8 Å². The van der Waals surface area contributed by atoms with Crippen molar-refractivity contribution in [3.63, 3.8) is 0 Å². The fraction of sp³-hybridized carbons (Fsp3) is 0.958. The molecule has 1 aliphatic rings. The zero-order valence-corrected chi connectivity index (χ0v) is 40.1. The highest BCUT2D eigenvalue weighted by Crippen LogP contribution is 2.47. The largest absolute Gasteiger partial charge is 0.472 e. The van der Waals surface area contributed by atoms with Crippen molar-refractivity contribution in [2.45, 2.75) is 281 Å². The number of aliphatic hydroxyl groups excluding tert-OH is 5. The van der Waals surface area contributed by atoms with E-state index in [0.717, 1.165) is 38.5 Å². The Labute approximate surface area is 376 Å². The summed E-state index contributed by atoms with van der Waals surface area (Å²) in [4.78, 5) is 35.7. The van der Waals surface area contributed by atoms with Gasteiger partial charge in [-0.15, -0.1) is 0 Å². The van der Waals surface area contributed by atoms with Crippen LogP contribution in [-0.2, 0) is 32.7 Å². The van der Waals surface area contributed by atoms with Gasteiger partial charge in [0.2, 0.25) is 0 Å². The lowest BCUT2D eigenvalue weighted by Crippen LogP contribution is -2.64. The fourth-order valence-electron chi connectivity index (χ4n) is 8.11. The van der Waals surface area contributed by atoms with Gasteiger partial charge in [-0.1, -0.05) is 213 Å². The first-order chi connectivity index (χ1) is 29.9. The van der Waals surface area contributed by atoms with Gasteiger partial charge < -0.3 is 39.9 Å². The second kappa shape index (κ2) is 39.1. The molecule has 0 aromatic heterocycles. The van der Waals surface area contributed by atoms with Gasteiger partial charge in [-0.05, 0) is 12.8 Å². The third-order valence-electron chi connectivity index (χ3n) is 12.2. The summed E-state index contributed by atoms with van der Waals surface area (Å²) in [7, 11) is -5.11. The van der Waals surface area contributed by atoms with Crippen molar-refractivity contribution in [2.24, 2.45) is 0 Å². The van der Waals surface area contributed by atoms with Gasteiger partial charge in [0.15, 0.2) is 6.10 Å². The molecule has 0 saturated heterocycles. The van der Waals surface area contributed by atoms with Crippen molar-refractivity contribution in [1.29, 1.82) is 0 Å². The van der Waals surface area contributed by atoms with Gasteiger partial charge in [-0.25, -0.2) is 4.57 Å². The molecule has 6 atom stereocenters. The summed E-state index contributed by atoms with van der Waals surface area (Å²) in [6, 6.07) is 0. The molecule has 0 aromatic rings. The van der Waals surface area contributed by atoms with Gasteiger partial charge in [0.1, 0.15) is 43.2 Å². The highest BCUT2D eigenvalue weighted by molar-refractivity contribution is 7.47. The molecule has 0 bridgehead atoms. The summed E-state index contributed by atoms with van der Waals surface area (Å²) in [5.41, 5.74) is 0. The molecule has 6 N–H and O–H groups in total. The zero-order valence-electron chi connectivity index (χ0n) is 39.2. The van der Waals surface area contributed by atoms with Crippen LogP contribution in [0.15, 0.2) is 0 Å². The highest BCUT2D eigenvalue weighted by Gasteiger charge is 2.51. The minimum absolute atomic E-state index is 0.105. The van der Waals surface area contributed by atoms with Crippen LogP contribution >= 0.6 is 7.82 Å². The smallest absolute Gasteiger partial charge is 0.462 e. The van der Waals surface area contributed by atoms with Crippen molar-refractivity contribution in [2.75, 3.05) is 13.2 Å². The van der Waals surface area contributed by atoms with Crippen LogP contribution < -0.4 is 0 Å². The summed E-state index contributed by atoms with van der Waals surface area (Å²) >= 11 is 0. The molecule has 62 heavy (non-hydrogen) atoms. The average molecular weight is 909 g/mol. The van der Waals surface area contributed by atoms with Crippen LogP contribution in [0.2, 0.25) is 0 Å². The van der Waals surface area contributed by atoms with Crippen molar-refractivity contribution in [3.8, 4) is 0 Å². The van der Waals surface area contributed by atoms with Crippen LogP contribution in [-0.4, -0.2) is 98.3 Å². The van der Waals surface area contributed by atoms with Gasteiger partial charge in [0.25, 0.3) is 0 Å². The van der Waals surface area contributed by atoms with E-state index in [1.165, 1.54) is 161 Å². The number of hydrogen-bond donors (Lipinski definition) is 6. The van der Waals surface area contributed by atoms with Crippen LogP contribution in [0, 0.1) is 0 Å². The lowest BCUT2D eigenvalue weighted by molar-refractivity contribution is -0.220. The molecular weight excluding hydrogens is 815 g/mol. The maximum Gasteiger partial charge on any atom is 0.472 e. The molecule has 1 saturated carbocycles. The number of rotatable bonds is 43. The van der Waals surface area contributed by atoms with E-state index >= 15 is 0 Å². The van der Waals surface area contributed by atoms with Crippen molar-refractivity contribution in [3.05, 3.63) is 0 Å². The second-order valence-corrected chi connectivity index (χ2v) is 19.4. The molecule has 1 fully saturated rings. The Balaban J connectivity index is 2.34. The number of phosphoric acid groups is 1. The number of phosphoric ester groups is 1. The Morgan fingerprint density at radius 3 is 1.06 bits per heavy atom. The molecule has 0 aliphatic heterocycles. The maximum absolute atomic E-state index is 12.8. The molecule has 0 amide bonds. The number of carbonyl (C=O) groups is 2. The van der Waals surface area contributed by atoms with E-state index in [9.17, 15) is 44.6 Å². The Kier molecular flexibility index (Phi) is 37.1. The van der Waals surface area contributed by atoms with Crippen molar-refractivity contribution < 1.29 is 63.1 Å². The topological polar surface area (TPSA) is 210 Å². The van der Waals surface area contributed by atoms with Crippen LogP contribution in [0.4, 0.5) is 0 Å². The van der Waals surface area contributed by atoms with E-state index in [1.54, 1.807) is 0 Å². The number of esters is 2. The summed E-state index contributed by atoms with van der Waals surface area (Å²) in [5.74, 6) is -1.08. The monoisotopic (exact) mass is 909 g/mol. The van der Waals surface area contributed by atoms with E-state index < -0.39 is 75.7 Å². The number of unbranched alkanes of at least 4 members (excludes halogenated alkanes) is 31. The highest BCUT2D eigenvalue weighted by atomic mass is 31.2. The molecule has 1 rings (SSSR count). The first kappa shape index (κ1) is 58.9. The minimum Gasteiger partial charge on any atom is -0.462 e. The number of carbonyl (C=O) groups excluding carboxylic acids is 2. The molecule has 0 radical (unpaired) electrons. The lowest BCUT2D eigenvalue weighted by Gasteiger charge is -2.41. The van der Waals surface area contributed by atoms with E-state index in [-0.39, 0.29) is 12.8 Å². The standard InChI is InChI=1S/C48H93O13P/c1-3-5-7-9-11-13-15-16-17-18-19-20-21-22-23-24-25-27-29-31-33-35-37-42(50)60-40(38-58-41(49)36-34-32-30-28-26-14-12-10-8-6-4-2)39-59-62(56,57)61-48-46(54)44(52)43(51)45(53)47(48)55/h40,43-48,51-55H,3-39H2,1-2H3,(H,56,57). The number of hydrogen-bond acceptors (Lipinski definition) is 12. The predicted molar refractivity (Wildman–Crippen MR) is 244 cm³/mol. The molecule has 0 spiro atoms. The Bertz CT molecular complexity index is 1100. The molecular formula is C48H93O13P. The van der Waals surface area contributed by atoms with Gasteiger partial charge in [-0.2, -0.15) is 0 Å². The predicted octanol–water partition coefficient (Wildman–Crippen LogP) is 10.5. The van der Waals surface area contributed by atoms with Crippen LogP contribution in [0.25, 0.3) is 0 Å².